The van der Waals surface area contributed by atoms with Crippen LogP contribution >= 0.6 is 0 Å². The number of benzene rings is 2. The van der Waals surface area contributed by atoms with E-state index in [1.807, 2.05) is 38.1 Å². The van der Waals surface area contributed by atoms with Gasteiger partial charge >= 0.3 is 12.2 Å². The van der Waals surface area contributed by atoms with Gasteiger partial charge in [-0.1, -0.05) is 32.0 Å². The van der Waals surface area contributed by atoms with Crippen LogP contribution in [0.1, 0.15) is 32.8 Å². The van der Waals surface area contributed by atoms with Crippen molar-refractivity contribution >= 4 is 23.6 Å². The van der Waals surface area contributed by atoms with E-state index in [0.717, 1.165) is 18.5 Å². The van der Waals surface area contributed by atoms with Crippen LogP contribution in [0.4, 0.5) is 21.0 Å². The Morgan fingerprint density at radius 1 is 1.11 bits per heavy atom. The highest BCUT2D eigenvalue weighted by Crippen LogP contribution is 2.20. The van der Waals surface area contributed by atoms with Gasteiger partial charge in [-0.2, -0.15) is 0 Å². The van der Waals surface area contributed by atoms with Crippen molar-refractivity contribution in [1.82, 2.24) is 0 Å². The standard InChI is InChI=1S/C21H26N2O4/c1-5-15(3)26-20(24)22-17-8-7-9-19(14-17)27-21(25)23(4)18-12-10-16(6-2)11-13-18/h7-15H,5-6H2,1-4H3,(H,22,24). The van der Waals surface area contributed by atoms with Gasteiger partial charge in [-0.05, 0) is 49.6 Å². The second-order valence-corrected chi connectivity index (χ2v) is 6.22. The molecular weight excluding hydrogens is 344 g/mol. The van der Waals surface area contributed by atoms with E-state index in [2.05, 4.69) is 12.2 Å². The van der Waals surface area contributed by atoms with Gasteiger partial charge in [0.1, 0.15) is 11.9 Å². The van der Waals surface area contributed by atoms with Gasteiger partial charge in [-0.15, -0.1) is 0 Å². The summed E-state index contributed by atoms with van der Waals surface area (Å²) in [6, 6.07) is 14.3. The third kappa shape index (κ3) is 6.02. The summed E-state index contributed by atoms with van der Waals surface area (Å²) in [5.41, 5.74) is 2.43. The molecular formula is C21H26N2O4. The van der Waals surface area contributed by atoms with Crippen molar-refractivity contribution < 1.29 is 19.1 Å². The smallest absolute Gasteiger partial charge is 0.419 e. The predicted octanol–water partition coefficient (Wildman–Crippen LogP) is 5.23. The number of nitrogens with zero attached hydrogens (tertiary/aromatic N) is 1. The van der Waals surface area contributed by atoms with E-state index in [4.69, 9.17) is 9.47 Å². The summed E-state index contributed by atoms with van der Waals surface area (Å²) in [4.78, 5) is 25.6. The Hall–Kier alpha value is -3.02. The first-order chi connectivity index (χ1) is 12.9. The zero-order valence-corrected chi connectivity index (χ0v) is 16.2. The molecule has 2 aromatic rings. The molecule has 0 radical (unpaired) electrons. The molecule has 0 spiro atoms. The highest BCUT2D eigenvalue weighted by atomic mass is 16.6. The van der Waals surface area contributed by atoms with E-state index < -0.39 is 12.2 Å². The Balaban J connectivity index is 1.99. The quantitative estimate of drug-likeness (QED) is 0.756. The lowest BCUT2D eigenvalue weighted by atomic mass is 10.1. The molecule has 0 saturated carbocycles. The number of carbonyl (C=O) groups is 2. The third-order valence-electron chi connectivity index (χ3n) is 4.17. The number of carbonyl (C=O) groups excluding carboxylic acids is 2. The molecule has 1 N–H and O–H groups in total. The maximum atomic E-state index is 12.4. The summed E-state index contributed by atoms with van der Waals surface area (Å²) in [5, 5.41) is 2.63. The van der Waals surface area contributed by atoms with Crippen molar-refractivity contribution in [2.24, 2.45) is 0 Å². The van der Waals surface area contributed by atoms with Crippen molar-refractivity contribution in [2.75, 3.05) is 17.3 Å². The van der Waals surface area contributed by atoms with Gasteiger partial charge in [0.2, 0.25) is 0 Å². The molecule has 2 rings (SSSR count). The van der Waals surface area contributed by atoms with Crippen LogP contribution in [0, 0.1) is 0 Å². The van der Waals surface area contributed by atoms with Crippen molar-refractivity contribution in [3.63, 3.8) is 0 Å². The average Bonchev–Trinajstić information content (AvgIpc) is 2.67. The highest BCUT2D eigenvalue weighted by molar-refractivity contribution is 5.89. The first-order valence-electron chi connectivity index (χ1n) is 9.05. The second-order valence-electron chi connectivity index (χ2n) is 6.22. The fourth-order valence-corrected chi connectivity index (χ4v) is 2.28. The number of ether oxygens (including phenoxy) is 2. The van der Waals surface area contributed by atoms with Gasteiger partial charge in [0, 0.05) is 24.5 Å². The Morgan fingerprint density at radius 2 is 1.81 bits per heavy atom. The number of nitrogens with one attached hydrogen (secondary N) is 1. The number of anilines is 2. The van der Waals surface area contributed by atoms with Gasteiger partial charge in [0.05, 0.1) is 0 Å². The number of hydrogen-bond acceptors (Lipinski definition) is 4. The number of hydrogen-bond donors (Lipinski definition) is 1. The van der Waals surface area contributed by atoms with E-state index in [1.54, 1.807) is 31.3 Å². The average molecular weight is 370 g/mol. The number of amides is 2. The molecule has 0 fully saturated rings. The molecule has 0 bridgehead atoms. The Morgan fingerprint density at radius 3 is 2.44 bits per heavy atom. The molecule has 6 heteroatoms. The van der Waals surface area contributed by atoms with Crippen molar-refractivity contribution in [3.05, 3.63) is 54.1 Å². The van der Waals surface area contributed by atoms with Gasteiger partial charge in [0.25, 0.3) is 0 Å². The minimum Gasteiger partial charge on any atom is -0.446 e. The third-order valence-corrected chi connectivity index (χ3v) is 4.17. The minimum absolute atomic E-state index is 0.168. The molecule has 0 saturated heterocycles. The molecule has 144 valence electrons. The van der Waals surface area contributed by atoms with Crippen LogP contribution in [-0.2, 0) is 11.2 Å². The normalized spacial score (nSPS) is 11.4. The molecule has 0 aromatic heterocycles. The first-order valence-corrected chi connectivity index (χ1v) is 9.05. The van der Waals surface area contributed by atoms with E-state index in [-0.39, 0.29) is 6.10 Å². The number of rotatable bonds is 6. The fourth-order valence-electron chi connectivity index (χ4n) is 2.28. The van der Waals surface area contributed by atoms with Gasteiger partial charge in [0.15, 0.2) is 0 Å². The molecule has 2 amide bonds. The lowest BCUT2D eigenvalue weighted by molar-refractivity contribution is 0.118. The molecule has 27 heavy (non-hydrogen) atoms. The molecule has 0 aliphatic rings. The highest BCUT2D eigenvalue weighted by Gasteiger charge is 2.14. The zero-order valence-electron chi connectivity index (χ0n) is 16.2. The molecule has 0 aliphatic heterocycles. The van der Waals surface area contributed by atoms with E-state index >= 15 is 0 Å². The molecule has 1 atom stereocenters. The number of aryl methyl sites for hydroxylation is 1. The van der Waals surface area contributed by atoms with Crippen molar-refractivity contribution in [2.45, 2.75) is 39.7 Å². The maximum Gasteiger partial charge on any atom is 0.419 e. The summed E-state index contributed by atoms with van der Waals surface area (Å²) < 4.78 is 10.6. The molecule has 0 aliphatic carbocycles. The van der Waals surface area contributed by atoms with Crippen LogP contribution in [0.5, 0.6) is 5.75 Å². The summed E-state index contributed by atoms with van der Waals surface area (Å²) in [6.45, 7) is 5.83. The van der Waals surface area contributed by atoms with Crippen LogP contribution in [0.2, 0.25) is 0 Å². The predicted molar refractivity (Wildman–Crippen MR) is 107 cm³/mol. The van der Waals surface area contributed by atoms with Gasteiger partial charge < -0.3 is 9.47 Å². The first kappa shape index (κ1) is 20.3. The van der Waals surface area contributed by atoms with Crippen molar-refractivity contribution in [3.8, 4) is 5.75 Å². The van der Waals surface area contributed by atoms with Gasteiger partial charge in [-0.25, -0.2) is 9.59 Å². The monoisotopic (exact) mass is 370 g/mol. The van der Waals surface area contributed by atoms with Crippen molar-refractivity contribution in [1.29, 1.82) is 0 Å². The SMILES string of the molecule is CCc1ccc(N(C)C(=O)Oc2cccc(NC(=O)OC(C)CC)c2)cc1. The summed E-state index contributed by atoms with van der Waals surface area (Å²) in [7, 11) is 1.65. The van der Waals surface area contributed by atoms with Crippen LogP contribution in [0.25, 0.3) is 0 Å². The Kier molecular flexibility index (Phi) is 7.23. The fraction of sp³-hybridized carbons (Fsp3) is 0.333. The van der Waals surface area contributed by atoms with Crippen LogP contribution in [0.15, 0.2) is 48.5 Å². The summed E-state index contributed by atoms with van der Waals surface area (Å²) in [6.07, 6.45) is 0.447. The molecule has 6 nitrogen and oxygen atoms in total. The summed E-state index contributed by atoms with van der Waals surface area (Å²) >= 11 is 0. The van der Waals surface area contributed by atoms with E-state index in [9.17, 15) is 9.59 Å². The Bertz CT molecular complexity index is 774. The minimum atomic E-state index is -0.541. The second kappa shape index (κ2) is 9.62. The van der Waals surface area contributed by atoms with E-state index in [1.165, 1.54) is 10.5 Å². The lowest BCUT2D eigenvalue weighted by Gasteiger charge is -2.17. The van der Waals surface area contributed by atoms with Crippen LogP contribution < -0.4 is 15.0 Å². The largest absolute Gasteiger partial charge is 0.446 e. The lowest BCUT2D eigenvalue weighted by Crippen LogP contribution is -2.29. The van der Waals surface area contributed by atoms with Crippen LogP contribution in [0.3, 0.4) is 0 Å². The summed E-state index contributed by atoms with van der Waals surface area (Å²) in [5.74, 6) is 0.332. The zero-order chi connectivity index (χ0) is 19.8. The van der Waals surface area contributed by atoms with E-state index in [0.29, 0.717) is 11.4 Å². The molecule has 1 unspecified atom stereocenters. The van der Waals surface area contributed by atoms with Crippen LogP contribution in [-0.4, -0.2) is 25.3 Å². The van der Waals surface area contributed by atoms with Gasteiger partial charge in [-0.3, -0.25) is 10.2 Å². The molecule has 0 heterocycles. The maximum absolute atomic E-state index is 12.4. The molecule has 2 aromatic carbocycles. The topological polar surface area (TPSA) is 67.9 Å². The Labute approximate surface area is 160 Å².